The predicted octanol–water partition coefficient (Wildman–Crippen LogP) is 1.11. The molecule has 0 bridgehead atoms. The van der Waals surface area contributed by atoms with Crippen molar-refractivity contribution in [1.82, 2.24) is 10.1 Å². The lowest BCUT2D eigenvalue weighted by Crippen LogP contribution is -2.25. The summed E-state index contributed by atoms with van der Waals surface area (Å²) < 4.78 is 4.85. The van der Waals surface area contributed by atoms with Gasteiger partial charge in [-0.25, -0.2) is 4.98 Å². The summed E-state index contributed by atoms with van der Waals surface area (Å²) in [5.74, 6) is -0.920. The zero-order valence-corrected chi connectivity index (χ0v) is 7.97. The van der Waals surface area contributed by atoms with Gasteiger partial charge in [0, 0.05) is 6.20 Å². The van der Waals surface area contributed by atoms with Crippen molar-refractivity contribution in [2.24, 2.45) is 0 Å². The molecule has 2 aromatic heterocycles. The molecule has 0 aromatic carbocycles. The third-order valence-electron chi connectivity index (χ3n) is 2.02. The number of nitrogens with one attached hydrogen (secondary N) is 1. The van der Waals surface area contributed by atoms with Crippen LogP contribution in [0.25, 0.3) is 11.1 Å². The fraction of sp³-hybridized carbons (Fsp3) is 0.222. The van der Waals surface area contributed by atoms with Crippen molar-refractivity contribution >= 4 is 22.8 Å². The van der Waals surface area contributed by atoms with Crippen LogP contribution in [0.15, 0.2) is 23.0 Å². The van der Waals surface area contributed by atoms with E-state index in [1.807, 2.05) is 0 Å². The highest BCUT2D eigenvalue weighted by Crippen LogP contribution is 2.21. The molecule has 0 aliphatic heterocycles. The van der Waals surface area contributed by atoms with Crippen LogP contribution in [0.5, 0.6) is 0 Å². The van der Waals surface area contributed by atoms with Gasteiger partial charge >= 0.3 is 5.97 Å². The Balaban J connectivity index is 2.35. The van der Waals surface area contributed by atoms with Gasteiger partial charge in [0.25, 0.3) is 5.71 Å². The summed E-state index contributed by atoms with van der Waals surface area (Å²) in [6.07, 6.45) is 3.03. The molecule has 0 spiro atoms. The van der Waals surface area contributed by atoms with Gasteiger partial charge in [0.2, 0.25) is 0 Å². The van der Waals surface area contributed by atoms with E-state index in [1.165, 1.54) is 12.4 Å². The second kappa shape index (κ2) is 3.56. The Morgan fingerprint density at radius 2 is 2.47 bits per heavy atom. The summed E-state index contributed by atoms with van der Waals surface area (Å²) in [5, 5.41) is 15.8. The van der Waals surface area contributed by atoms with Crippen molar-refractivity contribution in [3.63, 3.8) is 0 Å². The zero-order chi connectivity index (χ0) is 10.8. The number of nitrogens with zero attached hydrogens (tertiary/aromatic N) is 2. The number of hydrogen-bond acceptors (Lipinski definition) is 5. The highest BCUT2D eigenvalue weighted by Gasteiger charge is 2.13. The molecule has 0 aliphatic carbocycles. The third kappa shape index (κ3) is 1.74. The van der Waals surface area contributed by atoms with E-state index in [0.717, 1.165) is 0 Å². The van der Waals surface area contributed by atoms with Crippen LogP contribution in [0.4, 0.5) is 5.69 Å². The lowest BCUT2D eigenvalue weighted by Gasteiger charge is -2.10. The number of rotatable bonds is 3. The molecule has 0 aliphatic rings. The monoisotopic (exact) mass is 207 g/mol. The van der Waals surface area contributed by atoms with Gasteiger partial charge in [-0.15, -0.1) is 0 Å². The van der Waals surface area contributed by atoms with Crippen molar-refractivity contribution < 1.29 is 14.4 Å². The van der Waals surface area contributed by atoms with Gasteiger partial charge in [0.1, 0.15) is 6.04 Å². The number of aliphatic carboxylic acids is 1. The number of hydrogen-bond donors (Lipinski definition) is 2. The fourth-order valence-corrected chi connectivity index (χ4v) is 1.20. The van der Waals surface area contributed by atoms with Gasteiger partial charge in [-0.1, -0.05) is 5.16 Å². The first-order chi connectivity index (χ1) is 7.18. The molecule has 0 amide bonds. The smallest absolute Gasteiger partial charge is 0.325 e. The molecule has 1 unspecified atom stereocenters. The minimum Gasteiger partial charge on any atom is -0.480 e. The molecule has 2 aromatic rings. The molecular weight excluding hydrogens is 198 g/mol. The van der Waals surface area contributed by atoms with Crippen LogP contribution < -0.4 is 5.32 Å². The minimum absolute atomic E-state index is 0.387. The number of anilines is 1. The van der Waals surface area contributed by atoms with E-state index in [0.29, 0.717) is 16.8 Å². The molecule has 0 fully saturated rings. The summed E-state index contributed by atoms with van der Waals surface area (Å²) in [6.45, 7) is 1.56. The van der Waals surface area contributed by atoms with Gasteiger partial charge in [-0.2, -0.15) is 0 Å². The highest BCUT2D eigenvalue weighted by molar-refractivity contribution is 5.89. The molecule has 15 heavy (non-hydrogen) atoms. The van der Waals surface area contributed by atoms with Crippen LogP contribution in [0, 0.1) is 0 Å². The Hall–Kier alpha value is -2.11. The lowest BCUT2D eigenvalue weighted by molar-refractivity contribution is -0.137. The number of carboxylic acids is 1. The average Bonchev–Trinajstić information content (AvgIpc) is 2.66. The van der Waals surface area contributed by atoms with Crippen LogP contribution in [-0.4, -0.2) is 27.3 Å². The average molecular weight is 207 g/mol. The van der Waals surface area contributed by atoms with Gasteiger partial charge in [0.05, 0.1) is 17.3 Å². The SMILES string of the molecule is CC(Nc1ccnc2oncc12)C(=O)O. The summed E-state index contributed by atoms with van der Waals surface area (Å²) in [7, 11) is 0. The van der Waals surface area contributed by atoms with Crippen LogP contribution in [0.2, 0.25) is 0 Å². The summed E-state index contributed by atoms with van der Waals surface area (Å²) in [4.78, 5) is 14.6. The number of fused-ring (bicyclic) bond motifs is 1. The Morgan fingerprint density at radius 1 is 1.67 bits per heavy atom. The second-order valence-corrected chi connectivity index (χ2v) is 3.11. The highest BCUT2D eigenvalue weighted by atomic mass is 16.5. The summed E-state index contributed by atoms with van der Waals surface area (Å²) in [6, 6.07) is 1.00. The van der Waals surface area contributed by atoms with Crippen molar-refractivity contribution in [3.8, 4) is 0 Å². The quantitative estimate of drug-likeness (QED) is 0.783. The van der Waals surface area contributed by atoms with Crippen LogP contribution in [0.1, 0.15) is 6.92 Å². The van der Waals surface area contributed by atoms with E-state index in [1.54, 1.807) is 13.0 Å². The van der Waals surface area contributed by atoms with E-state index < -0.39 is 12.0 Å². The molecule has 0 radical (unpaired) electrons. The Labute approximate surface area is 84.9 Å². The molecule has 6 heteroatoms. The molecule has 2 N–H and O–H groups in total. The lowest BCUT2D eigenvalue weighted by atomic mass is 10.2. The Bertz CT molecular complexity index is 494. The van der Waals surface area contributed by atoms with Crippen molar-refractivity contribution in [3.05, 3.63) is 18.5 Å². The molecule has 0 saturated carbocycles. The normalized spacial score (nSPS) is 12.6. The van der Waals surface area contributed by atoms with E-state index >= 15 is 0 Å². The second-order valence-electron chi connectivity index (χ2n) is 3.11. The number of carboxylic acid groups (broad SMARTS) is 1. The van der Waals surface area contributed by atoms with Crippen molar-refractivity contribution in [1.29, 1.82) is 0 Å². The molecule has 78 valence electrons. The van der Waals surface area contributed by atoms with E-state index in [2.05, 4.69) is 15.5 Å². The maximum atomic E-state index is 10.7. The maximum absolute atomic E-state index is 10.7. The van der Waals surface area contributed by atoms with E-state index in [9.17, 15) is 4.79 Å². The van der Waals surface area contributed by atoms with Gasteiger partial charge in [-0.05, 0) is 13.0 Å². The van der Waals surface area contributed by atoms with Crippen LogP contribution in [-0.2, 0) is 4.79 Å². The maximum Gasteiger partial charge on any atom is 0.325 e. The zero-order valence-electron chi connectivity index (χ0n) is 7.97. The molecular formula is C9H9N3O3. The first kappa shape index (κ1) is 9.45. The number of aromatic nitrogens is 2. The van der Waals surface area contributed by atoms with E-state index in [4.69, 9.17) is 9.63 Å². The van der Waals surface area contributed by atoms with Crippen molar-refractivity contribution in [2.75, 3.05) is 5.32 Å². The van der Waals surface area contributed by atoms with E-state index in [-0.39, 0.29) is 0 Å². The third-order valence-corrected chi connectivity index (χ3v) is 2.02. The van der Waals surface area contributed by atoms with Crippen molar-refractivity contribution in [2.45, 2.75) is 13.0 Å². The Morgan fingerprint density at radius 3 is 3.20 bits per heavy atom. The molecule has 6 nitrogen and oxygen atoms in total. The summed E-state index contributed by atoms with van der Waals surface area (Å²) in [5.41, 5.74) is 1.04. The fourth-order valence-electron chi connectivity index (χ4n) is 1.20. The van der Waals surface area contributed by atoms with Crippen LogP contribution in [0.3, 0.4) is 0 Å². The summed E-state index contributed by atoms with van der Waals surface area (Å²) >= 11 is 0. The van der Waals surface area contributed by atoms with Gasteiger partial charge in [0.15, 0.2) is 0 Å². The van der Waals surface area contributed by atoms with Crippen LogP contribution >= 0.6 is 0 Å². The predicted molar refractivity (Wildman–Crippen MR) is 52.5 cm³/mol. The molecule has 0 saturated heterocycles. The first-order valence-electron chi connectivity index (χ1n) is 4.37. The molecule has 1 atom stereocenters. The van der Waals surface area contributed by atoms with Gasteiger partial charge < -0.3 is 14.9 Å². The molecule has 2 heterocycles. The first-order valence-corrected chi connectivity index (χ1v) is 4.37. The minimum atomic E-state index is -0.920. The number of carbonyl (C=O) groups is 1. The standard InChI is InChI=1S/C9H9N3O3/c1-5(9(13)14)12-7-2-3-10-8-6(7)4-11-15-8/h2-5H,1H3,(H,10,12)(H,13,14). The van der Waals surface area contributed by atoms with Gasteiger partial charge in [-0.3, -0.25) is 4.79 Å². The Kier molecular flexibility index (Phi) is 2.24. The number of pyridine rings is 1. The topological polar surface area (TPSA) is 88.3 Å². The largest absolute Gasteiger partial charge is 0.480 e. The molecule has 2 rings (SSSR count).